The van der Waals surface area contributed by atoms with E-state index < -0.39 is 26.5 Å². The first kappa shape index (κ1) is 56.8. The Kier molecular flexibility index (Phi) is 40.2. The summed E-state index contributed by atoms with van der Waals surface area (Å²) in [5.41, 5.74) is 0. The van der Waals surface area contributed by atoms with Gasteiger partial charge in [0, 0.05) is 12.8 Å². The fraction of sp³-hybridized carbons (Fsp3) is 0.917. The van der Waals surface area contributed by atoms with Gasteiger partial charge in [0.05, 0.1) is 27.7 Å². The van der Waals surface area contributed by atoms with E-state index in [4.69, 9.17) is 18.5 Å². The van der Waals surface area contributed by atoms with Crippen LogP contribution in [0.2, 0.25) is 0 Å². The molecule has 0 fully saturated rings. The smallest absolute Gasteiger partial charge is 0.306 e. The highest BCUT2D eigenvalue weighted by Gasteiger charge is 2.21. The minimum atomic E-state index is -4.62. The lowest BCUT2D eigenvalue weighted by Gasteiger charge is -2.28. The number of allylic oxidation sites excluding steroid dienone is 2. The molecule has 0 saturated carbocycles. The number of esters is 2. The van der Waals surface area contributed by atoms with Crippen molar-refractivity contribution in [1.29, 1.82) is 0 Å². The maximum Gasteiger partial charge on any atom is 0.306 e. The monoisotopic (exact) mass is 844 g/mol. The molecule has 58 heavy (non-hydrogen) atoms. The van der Waals surface area contributed by atoms with Crippen LogP contribution in [0.5, 0.6) is 0 Å². The summed E-state index contributed by atoms with van der Waals surface area (Å²) >= 11 is 0. The molecule has 10 heteroatoms. The van der Waals surface area contributed by atoms with Gasteiger partial charge in [0.2, 0.25) is 0 Å². The number of rotatable bonds is 45. The molecule has 9 nitrogen and oxygen atoms in total. The summed E-state index contributed by atoms with van der Waals surface area (Å²) in [6.07, 6.45) is 43.8. The summed E-state index contributed by atoms with van der Waals surface area (Å²) < 4.78 is 34.0. The Labute approximate surface area is 358 Å². The van der Waals surface area contributed by atoms with E-state index in [-0.39, 0.29) is 32.0 Å². The van der Waals surface area contributed by atoms with Crippen LogP contribution in [0.4, 0.5) is 0 Å². The van der Waals surface area contributed by atoms with Gasteiger partial charge in [-0.1, -0.05) is 193 Å². The molecular formula is C48H94NO8P. The summed E-state index contributed by atoms with van der Waals surface area (Å²) in [4.78, 5) is 37.6. The van der Waals surface area contributed by atoms with Gasteiger partial charge in [0.25, 0.3) is 7.82 Å². The largest absolute Gasteiger partial charge is 0.756 e. The fourth-order valence-electron chi connectivity index (χ4n) is 6.95. The van der Waals surface area contributed by atoms with Crippen LogP contribution in [0, 0.1) is 0 Å². The lowest BCUT2D eigenvalue weighted by atomic mass is 10.0. The fourth-order valence-corrected chi connectivity index (χ4v) is 7.67. The molecule has 0 aromatic heterocycles. The molecule has 0 heterocycles. The number of quaternary nitrogens is 1. The lowest BCUT2D eigenvalue weighted by molar-refractivity contribution is -0.870. The first-order chi connectivity index (χ1) is 28.0. The van der Waals surface area contributed by atoms with Gasteiger partial charge in [-0.15, -0.1) is 0 Å². The molecular weight excluding hydrogens is 750 g/mol. The maximum atomic E-state index is 12.7. The van der Waals surface area contributed by atoms with Gasteiger partial charge in [-0.3, -0.25) is 14.2 Å². The second kappa shape index (κ2) is 41.1. The highest BCUT2D eigenvalue weighted by atomic mass is 31.2. The number of unbranched alkanes of at least 4 members (excludes halogenated alkanes) is 29. The Morgan fingerprint density at radius 3 is 1.29 bits per heavy atom. The number of hydrogen-bond acceptors (Lipinski definition) is 8. The summed E-state index contributed by atoms with van der Waals surface area (Å²) in [5, 5.41) is 0. The first-order valence-corrected chi connectivity index (χ1v) is 25.9. The molecule has 0 N–H and O–H groups in total. The number of phosphoric ester groups is 1. The van der Waals surface area contributed by atoms with Crippen molar-refractivity contribution >= 4 is 19.8 Å². The predicted molar refractivity (Wildman–Crippen MR) is 241 cm³/mol. The van der Waals surface area contributed by atoms with Crippen molar-refractivity contribution in [1.82, 2.24) is 0 Å². The normalized spacial score (nSPS) is 13.6. The van der Waals surface area contributed by atoms with Crippen molar-refractivity contribution in [2.75, 3.05) is 47.5 Å². The Balaban J connectivity index is 4.20. The molecule has 0 aromatic rings. The van der Waals surface area contributed by atoms with Crippen molar-refractivity contribution in [3.05, 3.63) is 12.2 Å². The van der Waals surface area contributed by atoms with Crippen LogP contribution >= 0.6 is 7.82 Å². The van der Waals surface area contributed by atoms with E-state index >= 15 is 0 Å². The average Bonchev–Trinajstić information content (AvgIpc) is 3.17. The van der Waals surface area contributed by atoms with Crippen molar-refractivity contribution in [2.45, 2.75) is 238 Å². The zero-order valence-corrected chi connectivity index (χ0v) is 39.7. The minimum Gasteiger partial charge on any atom is -0.756 e. The molecule has 0 saturated heterocycles. The SMILES string of the molecule is CCCCCC/C=C\CCCCCCCC(=O)OC(COC(=O)CCCCCCCCCCCCCCCCCCCCCCC)COP(=O)([O-])OCC[N+](C)(C)C. The van der Waals surface area contributed by atoms with Gasteiger partial charge < -0.3 is 27.9 Å². The van der Waals surface area contributed by atoms with E-state index in [2.05, 4.69) is 26.0 Å². The molecule has 2 unspecified atom stereocenters. The Morgan fingerprint density at radius 1 is 0.517 bits per heavy atom. The highest BCUT2D eigenvalue weighted by molar-refractivity contribution is 7.45. The summed E-state index contributed by atoms with van der Waals surface area (Å²) in [5.74, 6) is -0.832. The van der Waals surface area contributed by atoms with Crippen LogP contribution in [-0.2, 0) is 32.7 Å². The van der Waals surface area contributed by atoms with Crippen LogP contribution < -0.4 is 4.89 Å². The van der Waals surface area contributed by atoms with Crippen LogP contribution in [0.25, 0.3) is 0 Å². The quantitative estimate of drug-likeness (QED) is 0.0196. The van der Waals surface area contributed by atoms with E-state index in [1.54, 1.807) is 0 Å². The van der Waals surface area contributed by atoms with Crippen molar-refractivity contribution < 1.29 is 42.1 Å². The number of carbonyl (C=O) groups excluding carboxylic acids is 2. The molecule has 344 valence electrons. The van der Waals surface area contributed by atoms with Crippen molar-refractivity contribution in [3.63, 3.8) is 0 Å². The third-order valence-corrected chi connectivity index (χ3v) is 11.7. The standard InChI is InChI=1S/C48H94NO8P/c1-6-8-10-12-14-16-18-20-21-22-23-24-25-26-27-29-30-32-34-36-38-40-47(50)54-44-46(45-56-58(52,53)55-43-42-49(3,4)5)57-48(51)41-39-37-35-33-31-28-19-17-15-13-11-9-7-2/h17,19,46H,6-16,18,20-45H2,1-5H3/b19-17-. The summed E-state index contributed by atoms with van der Waals surface area (Å²) in [7, 11) is 1.17. The number of hydrogen-bond donors (Lipinski definition) is 0. The third kappa shape index (κ3) is 44.3. The van der Waals surface area contributed by atoms with Gasteiger partial charge >= 0.3 is 11.9 Å². The molecule has 0 spiro atoms. The number of ether oxygens (including phenoxy) is 2. The molecule has 0 aliphatic carbocycles. The number of likely N-dealkylation sites (N-methyl/N-ethyl adjacent to an activating group) is 1. The highest BCUT2D eigenvalue weighted by Crippen LogP contribution is 2.38. The number of nitrogens with zero attached hydrogens (tertiary/aromatic N) is 1. The second-order valence-electron chi connectivity index (χ2n) is 17.8. The van der Waals surface area contributed by atoms with Gasteiger partial charge in [-0.25, -0.2) is 0 Å². The van der Waals surface area contributed by atoms with Gasteiger partial charge in [0.1, 0.15) is 19.8 Å². The molecule has 0 rings (SSSR count). The molecule has 0 amide bonds. The van der Waals surface area contributed by atoms with Gasteiger partial charge in [-0.05, 0) is 38.5 Å². The van der Waals surface area contributed by atoms with Crippen molar-refractivity contribution in [3.8, 4) is 0 Å². The van der Waals surface area contributed by atoms with Crippen LogP contribution in [-0.4, -0.2) is 70.0 Å². The van der Waals surface area contributed by atoms with E-state index in [1.165, 1.54) is 148 Å². The van der Waals surface area contributed by atoms with Crippen LogP contribution in [0.1, 0.15) is 232 Å². The molecule has 0 radical (unpaired) electrons. The van der Waals surface area contributed by atoms with Gasteiger partial charge in [-0.2, -0.15) is 0 Å². The number of carbonyl (C=O) groups is 2. The first-order valence-electron chi connectivity index (χ1n) is 24.4. The maximum absolute atomic E-state index is 12.7. The molecule has 0 bridgehead atoms. The number of phosphoric acid groups is 1. The van der Waals surface area contributed by atoms with E-state index in [1.807, 2.05) is 21.1 Å². The molecule has 2 atom stereocenters. The molecule has 0 aliphatic rings. The Bertz CT molecular complexity index is 1000. The average molecular weight is 844 g/mol. The topological polar surface area (TPSA) is 111 Å². The third-order valence-electron chi connectivity index (χ3n) is 10.8. The van der Waals surface area contributed by atoms with Crippen LogP contribution in [0.15, 0.2) is 12.2 Å². The van der Waals surface area contributed by atoms with Gasteiger partial charge in [0.15, 0.2) is 6.10 Å². The predicted octanol–water partition coefficient (Wildman–Crippen LogP) is 13.5. The van der Waals surface area contributed by atoms with E-state index in [9.17, 15) is 19.0 Å². The van der Waals surface area contributed by atoms with Crippen LogP contribution in [0.3, 0.4) is 0 Å². The Hall–Kier alpha value is -1.25. The van der Waals surface area contributed by atoms with E-state index in [0.717, 1.165) is 51.4 Å². The van der Waals surface area contributed by atoms with E-state index in [0.29, 0.717) is 17.4 Å². The zero-order chi connectivity index (χ0) is 42.8. The summed E-state index contributed by atoms with van der Waals surface area (Å²) in [6.45, 7) is 4.24. The minimum absolute atomic E-state index is 0.0292. The lowest BCUT2D eigenvalue weighted by Crippen LogP contribution is -2.37. The zero-order valence-electron chi connectivity index (χ0n) is 38.8. The molecule has 0 aliphatic heterocycles. The summed E-state index contributed by atoms with van der Waals surface area (Å²) in [6, 6.07) is 0. The Morgan fingerprint density at radius 2 is 0.879 bits per heavy atom. The second-order valence-corrected chi connectivity index (χ2v) is 19.2. The van der Waals surface area contributed by atoms with Crippen molar-refractivity contribution in [2.24, 2.45) is 0 Å². The molecule has 0 aromatic carbocycles.